The monoisotopic (exact) mass is 584 g/mol. The van der Waals surface area contributed by atoms with Crippen molar-refractivity contribution in [2.24, 2.45) is 0 Å². The first kappa shape index (κ1) is 32.2. The number of nitrogens with zero attached hydrogens (tertiary/aromatic N) is 4. The number of unbranched alkanes of at least 4 members (excludes halogenated alkanes) is 2. The van der Waals surface area contributed by atoms with Crippen molar-refractivity contribution in [1.82, 2.24) is 9.97 Å². The van der Waals surface area contributed by atoms with Gasteiger partial charge in [0.2, 0.25) is 0 Å². The number of hydrogen-bond acceptors (Lipinski definition) is 5. The number of benzene rings is 2. The summed E-state index contributed by atoms with van der Waals surface area (Å²) in [6.45, 7) is 13.4. The molecule has 0 radical (unpaired) electrons. The molecular formula is C39H44N4O. The van der Waals surface area contributed by atoms with Crippen LogP contribution in [-0.2, 0) is 0 Å². The average Bonchev–Trinajstić information content (AvgIpc) is 3.04. The molecule has 0 bridgehead atoms. The molecule has 0 saturated heterocycles. The minimum Gasteiger partial charge on any atom is -0.492 e. The lowest BCUT2D eigenvalue weighted by Gasteiger charge is -2.27. The number of ether oxygens (including phenoxy) is 1. The first-order valence-electron chi connectivity index (χ1n) is 15.8. The molecule has 44 heavy (non-hydrogen) atoms. The number of rotatable bonds is 14. The number of anilines is 1. The maximum Gasteiger partial charge on any atom is 0.143 e. The van der Waals surface area contributed by atoms with Crippen molar-refractivity contribution in [3.05, 3.63) is 106 Å². The zero-order valence-electron chi connectivity index (χ0n) is 26.8. The highest BCUT2D eigenvalue weighted by Crippen LogP contribution is 2.31. The summed E-state index contributed by atoms with van der Waals surface area (Å²) in [4.78, 5) is 12.0. The number of pyridine rings is 2. The van der Waals surface area contributed by atoms with Crippen molar-refractivity contribution in [2.45, 2.75) is 60.3 Å². The highest BCUT2D eigenvalue weighted by atomic mass is 16.5. The van der Waals surface area contributed by atoms with E-state index < -0.39 is 0 Å². The van der Waals surface area contributed by atoms with Crippen molar-refractivity contribution in [3.63, 3.8) is 0 Å². The second kappa shape index (κ2) is 16.2. The van der Waals surface area contributed by atoms with Gasteiger partial charge in [-0.25, -0.2) is 0 Å². The number of nitriles is 1. The molecule has 0 fully saturated rings. The lowest BCUT2D eigenvalue weighted by molar-refractivity contribution is 0.340. The molecule has 5 nitrogen and oxygen atoms in total. The van der Waals surface area contributed by atoms with Crippen LogP contribution in [0.3, 0.4) is 0 Å². The molecule has 4 aromatic rings. The third kappa shape index (κ3) is 8.67. The minimum atomic E-state index is 0.639. The van der Waals surface area contributed by atoms with Crippen molar-refractivity contribution >= 4 is 30.0 Å². The summed E-state index contributed by atoms with van der Waals surface area (Å²) in [5.41, 5.74) is 10.1. The van der Waals surface area contributed by atoms with E-state index in [4.69, 9.17) is 20.0 Å². The van der Waals surface area contributed by atoms with Gasteiger partial charge in [-0.05, 0) is 104 Å². The van der Waals surface area contributed by atoms with Crippen molar-refractivity contribution in [2.75, 3.05) is 24.6 Å². The Morgan fingerprint density at radius 3 is 1.77 bits per heavy atom. The van der Waals surface area contributed by atoms with Gasteiger partial charge in [0, 0.05) is 36.6 Å². The minimum absolute atomic E-state index is 0.639. The summed E-state index contributed by atoms with van der Waals surface area (Å²) in [7, 11) is 0. The Labute approximate surface area is 263 Å². The SMILES string of the molecule is CCCCN(CCCC)c1ccc(/C=C/c2ncc(-c3cnc(/C=C/c4ccc(C#N)cc4)c(C)c3)cc2C)cc1OCC. The molecule has 226 valence electrons. The molecule has 0 unspecified atom stereocenters. The maximum absolute atomic E-state index is 9.00. The van der Waals surface area contributed by atoms with E-state index in [-0.39, 0.29) is 0 Å². The van der Waals surface area contributed by atoms with Gasteiger partial charge in [-0.1, -0.05) is 57.0 Å². The highest BCUT2D eigenvalue weighted by molar-refractivity contribution is 5.75. The fourth-order valence-corrected chi connectivity index (χ4v) is 5.07. The fraction of sp³-hybridized carbons (Fsp3) is 0.308. The van der Waals surface area contributed by atoms with E-state index in [9.17, 15) is 0 Å². The average molecular weight is 585 g/mol. The summed E-state index contributed by atoms with van der Waals surface area (Å²) >= 11 is 0. The van der Waals surface area contributed by atoms with E-state index >= 15 is 0 Å². The molecule has 2 aromatic carbocycles. The van der Waals surface area contributed by atoms with Crippen LogP contribution in [0.4, 0.5) is 5.69 Å². The number of hydrogen-bond donors (Lipinski definition) is 0. The van der Waals surface area contributed by atoms with E-state index in [0.29, 0.717) is 12.2 Å². The molecule has 0 aliphatic heterocycles. The van der Waals surface area contributed by atoms with E-state index in [1.807, 2.05) is 55.7 Å². The molecule has 0 saturated carbocycles. The topological polar surface area (TPSA) is 62.0 Å². The lowest BCUT2D eigenvalue weighted by atomic mass is 10.0. The van der Waals surface area contributed by atoms with Gasteiger partial charge in [0.25, 0.3) is 0 Å². The van der Waals surface area contributed by atoms with Crippen LogP contribution < -0.4 is 9.64 Å². The van der Waals surface area contributed by atoms with Gasteiger partial charge < -0.3 is 9.64 Å². The molecule has 2 heterocycles. The van der Waals surface area contributed by atoms with E-state index in [1.165, 1.54) is 31.4 Å². The van der Waals surface area contributed by atoms with Crippen molar-refractivity contribution in [3.8, 4) is 22.9 Å². The van der Waals surface area contributed by atoms with Gasteiger partial charge in [0.1, 0.15) is 5.75 Å². The van der Waals surface area contributed by atoms with Crippen LogP contribution >= 0.6 is 0 Å². The van der Waals surface area contributed by atoms with Crippen LogP contribution in [0.1, 0.15) is 85.7 Å². The van der Waals surface area contributed by atoms with Gasteiger partial charge in [-0.2, -0.15) is 5.26 Å². The third-order valence-corrected chi connectivity index (χ3v) is 7.67. The van der Waals surface area contributed by atoms with Crippen LogP contribution in [0.2, 0.25) is 0 Å². The first-order valence-corrected chi connectivity index (χ1v) is 15.8. The molecule has 0 aliphatic rings. The number of aryl methyl sites for hydroxylation is 2. The van der Waals surface area contributed by atoms with E-state index in [1.54, 1.807) is 0 Å². The predicted molar refractivity (Wildman–Crippen MR) is 186 cm³/mol. The second-order valence-electron chi connectivity index (χ2n) is 11.1. The molecule has 0 spiro atoms. The van der Waals surface area contributed by atoms with Crippen LogP contribution in [0.5, 0.6) is 5.75 Å². The van der Waals surface area contributed by atoms with Crippen LogP contribution in [0.15, 0.2) is 67.0 Å². The van der Waals surface area contributed by atoms with E-state index in [0.717, 1.165) is 63.6 Å². The fourth-order valence-electron chi connectivity index (χ4n) is 5.07. The molecule has 4 rings (SSSR count). The smallest absolute Gasteiger partial charge is 0.143 e. The quantitative estimate of drug-likeness (QED) is 0.148. The normalized spacial score (nSPS) is 11.3. The van der Waals surface area contributed by atoms with Gasteiger partial charge in [-0.3, -0.25) is 9.97 Å². The standard InChI is InChI=1S/C39H44N4O/c1-6-9-21-43(22-10-7-2)38-20-17-32(25-39(38)44-8-3)16-19-37-30(5)24-35(28-42-37)34-23-29(4)36(41-27-34)18-15-31-11-13-33(26-40)14-12-31/h11-20,23-25,27-28H,6-10,21-22H2,1-5H3/b18-15+,19-16+. The van der Waals surface area contributed by atoms with Gasteiger partial charge >= 0.3 is 0 Å². The Kier molecular flexibility index (Phi) is 11.9. The zero-order chi connectivity index (χ0) is 31.3. The third-order valence-electron chi connectivity index (χ3n) is 7.67. The maximum atomic E-state index is 9.00. The second-order valence-corrected chi connectivity index (χ2v) is 11.1. The largest absolute Gasteiger partial charge is 0.492 e. The Bertz CT molecular complexity index is 1620. The highest BCUT2D eigenvalue weighted by Gasteiger charge is 2.13. The summed E-state index contributed by atoms with van der Waals surface area (Å²) in [6.07, 6.45) is 16.8. The van der Waals surface area contributed by atoms with Crippen LogP contribution in [0, 0.1) is 25.2 Å². The number of aromatic nitrogens is 2. The summed E-state index contributed by atoms with van der Waals surface area (Å²) in [6, 6.07) is 20.5. The molecule has 0 aliphatic carbocycles. The molecule has 0 atom stereocenters. The Balaban J connectivity index is 1.49. The predicted octanol–water partition coefficient (Wildman–Crippen LogP) is 9.78. The Hall–Kier alpha value is -4.69. The summed E-state index contributed by atoms with van der Waals surface area (Å²) in [5, 5.41) is 9.00. The van der Waals surface area contributed by atoms with Crippen molar-refractivity contribution < 1.29 is 4.74 Å². The summed E-state index contributed by atoms with van der Waals surface area (Å²) in [5.74, 6) is 0.944. The first-order chi connectivity index (χ1) is 21.4. The molecule has 0 amide bonds. The van der Waals surface area contributed by atoms with Crippen LogP contribution in [0.25, 0.3) is 35.4 Å². The molecule has 0 N–H and O–H groups in total. The van der Waals surface area contributed by atoms with Crippen LogP contribution in [-0.4, -0.2) is 29.7 Å². The lowest BCUT2D eigenvalue weighted by Crippen LogP contribution is -2.26. The van der Waals surface area contributed by atoms with Gasteiger partial charge in [-0.15, -0.1) is 0 Å². The van der Waals surface area contributed by atoms with E-state index in [2.05, 4.69) is 81.1 Å². The molecule has 5 heteroatoms. The zero-order valence-corrected chi connectivity index (χ0v) is 26.8. The van der Waals surface area contributed by atoms with Gasteiger partial charge in [0.05, 0.1) is 35.3 Å². The van der Waals surface area contributed by atoms with Crippen molar-refractivity contribution in [1.29, 1.82) is 5.26 Å². The Morgan fingerprint density at radius 2 is 1.27 bits per heavy atom. The summed E-state index contributed by atoms with van der Waals surface area (Å²) < 4.78 is 6.11. The van der Waals surface area contributed by atoms with Gasteiger partial charge in [0.15, 0.2) is 0 Å². The Morgan fingerprint density at radius 1 is 0.727 bits per heavy atom. The molecule has 2 aromatic heterocycles. The molecular weight excluding hydrogens is 540 g/mol.